The van der Waals surface area contributed by atoms with Crippen molar-refractivity contribution in [2.75, 3.05) is 18.0 Å². The zero-order chi connectivity index (χ0) is 16.5. The standard InChI is InChI=1S/C17H23N5O2/c1-11-14-15(18-10-19-17(14)24-21-11)22-8-6-12(7-9-22)16(23)20-13-4-2-3-5-13/h10,12-13H,2-9H2,1H3,(H,20,23). The number of anilines is 1. The van der Waals surface area contributed by atoms with Gasteiger partial charge in [-0.3, -0.25) is 4.79 Å². The molecule has 0 atom stereocenters. The summed E-state index contributed by atoms with van der Waals surface area (Å²) in [7, 11) is 0. The molecule has 0 radical (unpaired) electrons. The Kier molecular flexibility index (Phi) is 4.08. The Balaban J connectivity index is 1.42. The fourth-order valence-corrected chi connectivity index (χ4v) is 3.89. The van der Waals surface area contributed by atoms with Gasteiger partial charge in [0.15, 0.2) is 0 Å². The predicted octanol–water partition coefficient (Wildman–Crippen LogP) is 2.20. The molecule has 1 amide bonds. The normalized spacial score (nSPS) is 20.0. The number of nitrogens with one attached hydrogen (secondary N) is 1. The molecule has 2 fully saturated rings. The van der Waals surface area contributed by atoms with Gasteiger partial charge in [-0.15, -0.1) is 0 Å². The van der Waals surface area contributed by atoms with Crippen molar-refractivity contribution in [1.82, 2.24) is 20.4 Å². The third kappa shape index (κ3) is 2.83. The van der Waals surface area contributed by atoms with Crippen LogP contribution in [-0.2, 0) is 4.79 Å². The van der Waals surface area contributed by atoms with Crippen molar-refractivity contribution in [2.24, 2.45) is 5.92 Å². The summed E-state index contributed by atoms with van der Waals surface area (Å²) in [4.78, 5) is 23.2. The molecule has 128 valence electrons. The number of hydrogen-bond acceptors (Lipinski definition) is 6. The molecule has 24 heavy (non-hydrogen) atoms. The number of carbonyl (C=O) groups is 1. The smallest absolute Gasteiger partial charge is 0.263 e. The van der Waals surface area contributed by atoms with Gasteiger partial charge in [0.1, 0.15) is 17.5 Å². The number of fused-ring (bicyclic) bond motifs is 1. The summed E-state index contributed by atoms with van der Waals surface area (Å²) in [6.45, 7) is 3.54. The van der Waals surface area contributed by atoms with E-state index in [0.717, 1.165) is 55.7 Å². The van der Waals surface area contributed by atoms with Crippen LogP contribution in [0.1, 0.15) is 44.2 Å². The van der Waals surface area contributed by atoms with E-state index in [1.165, 1.54) is 19.2 Å². The van der Waals surface area contributed by atoms with Gasteiger partial charge in [0.2, 0.25) is 5.91 Å². The maximum absolute atomic E-state index is 12.4. The Morgan fingerprint density at radius 2 is 1.96 bits per heavy atom. The Morgan fingerprint density at radius 1 is 1.21 bits per heavy atom. The summed E-state index contributed by atoms with van der Waals surface area (Å²) >= 11 is 0. The van der Waals surface area contributed by atoms with Gasteiger partial charge in [0.25, 0.3) is 5.71 Å². The molecule has 3 heterocycles. The third-order valence-corrected chi connectivity index (χ3v) is 5.29. The highest BCUT2D eigenvalue weighted by molar-refractivity contribution is 5.88. The van der Waals surface area contributed by atoms with E-state index < -0.39 is 0 Å². The lowest BCUT2D eigenvalue weighted by Crippen LogP contribution is -2.43. The van der Waals surface area contributed by atoms with Crippen LogP contribution in [0.25, 0.3) is 11.1 Å². The van der Waals surface area contributed by atoms with Crippen LogP contribution in [0.5, 0.6) is 0 Å². The van der Waals surface area contributed by atoms with Gasteiger partial charge >= 0.3 is 0 Å². The zero-order valence-electron chi connectivity index (χ0n) is 14.0. The van der Waals surface area contributed by atoms with E-state index in [4.69, 9.17) is 4.52 Å². The van der Waals surface area contributed by atoms with Gasteiger partial charge in [-0.25, -0.2) is 4.98 Å². The molecule has 0 aromatic carbocycles. The molecule has 2 aliphatic rings. The van der Waals surface area contributed by atoms with E-state index >= 15 is 0 Å². The molecule has 0 unspecified atom stereocenters. The van der Waals surface area contributed by atoms with Gasteiger partial charge in [-0.2, -0.15) is 4.98 Å². The second kappa shape index (κ2) is 6.37. The summed E-state index contributed by atoms with van der Waals surface area (Å²) in [6, 6.07) is 0.400. The van der Waals surface area contributed by atoms with Crippen LogP contribution in [0.3, 0.4) is 0 Å². The lowest BCUT2D eigenvalue weighted by atomic mass is 9.95. The number of hydrogen-bond donors (Lipinski definition) is 1. The summed E-state index contributed by atoms with van der Waals surface area (Å²) in [6.07, 6.45) is 7.98. The van der Waals surface area contributed by atoms with E-state index in [-0.39, 0.29) is 11.8 Å². The molecule has 2 aromatic heterocycles. The van der Waals surface area contributed by atoms with Crippen LogP contribution in [-0.4, -0.2) is 40.2 Å². The highest BCUT2D eigenvalue weighted by Crippen LogP contribution is 2.29. The number of aryl methyl sites for hydroxylation is 1. The zero-order valence-corrected chi connectivity index (χ0v) is 14.0. The highest BCUT2D eigenvalue weighted by Gasteiger charge is 2.29. The average Bonchev–Trinajstić information content (AvgIpc) is 3.25. The summed E-state index contributed by atoms with van der Waals surface area (Å²) in [5.74, 6) is 1.21. The average molecular weight is 329 g/mol. The summed E-state index contributed by atoms with van der Waals surface area (Å²) in [5.41, 5.74) is 1.33. The van der Waals surface area contributed by atoms with E-state index in [2.05, 4.69) is 25.3 Å². The van der Waals surface area contributed by atoms with Crippen molar-refractivity contribution in [3.8, 4) is 0 Å². The van der Waals surface area contributed by atoms with Crippen LogP contribution >= 0.6 is 0 Å². The Hall–Kier alpha value is -2.18. The maximum Gasteiger partial charge on any atom is 0.263 e. The van der Waals surface area contributed by atoms with Gasteiger partial charge in [-0.1, -0.05) is 18.0 Å². The predicted molar refractivity (Wildman–Crippen MR) is 89.7 cm³/mol. The molecular formula is C17H23N5O2. The van der Waals surface area contributed by atoms with Crippen molar-refractivity contribution in [3.05, 3.63) is 12.0 Å². The fraction of sp³-hybridized carbons (Fsp3) is 0.647. The molecule has 7 nitrogen and oxygen atoms in total. The first-order valence-electron chi connectivity index (χ1n) is 8.84. The van der Waals surface area contributed by atoms with Crippen molar-refractivity contribution < 1.29 is 9.32 Å². The molecule has 7 heteroatoms. The Bertz CT molecular complexity index is 730. The van der Waals surface area contributed by atoms with Gasteiger partial charge in [0.05, 0.1) is 5.69 Å². The number of nitrogens with zero attached hydrogens (tertiary/aromatic N) is 4. The molecule has 4 rings (SSSR count). The molecule has 1 saturated carbocycles. The van der Waals surface area contributed by atoms with E-state index in [1.807, 2.05) is 6.92 Å². The van der Waals surface area contributed by atoms with Crippen LogP contribution < -0.4 is 10.2 Å². The Labute approximate surface area is 140 Å². The first-order chi connectivity index (χ1) is 11.7. The minimum Gasteiger partial charge on any atom is -0.356 e. The second-order valence-corrected chi connectivity index (χ2v) is 6.90. The monoisotopic (exact) mass is 329 g/mol. The van der Waals surface area contributed by atoms with Crippen LogP contribution in [0, 0.1) is 12.8 Å². The summed E-state index contributed by atoms with van der Waals surface area (Å²) < 4.78 is 5.22. The highest BCUT2D eigenvalue weighted by atomic mass is 16.5. The van der Waals surface area contributed by atoms with E-state index in [0.29, 0.717) is 11.8 Å². The quantitative estimate of drug-likeness (QED) is 0.929. The van der Waals surface area contributed by atoms with Crippen molar-refractivity contribution >= 4 is 22.8 Å². The number of aromatic nitrogens is 3. The van der Waals surface area contributed by atoms with Crippen molar-refractivity contribution in [3.63, 3.8) is 0 Å². The van der Waals surface area contributed by atoms with Crippen LogP contribution in [0.15, 0.2) is 10.9 Å². The van der Waals surface area contributed by atoms with Crippen molar-refractivity contribution in [1.29, 1.82) is 0 Å². The van der Waals surface area contributed by atoms with Gasteiger partial charge < -0.3 is 14.7 Å². The van der Waals surface area contributed by atoms with E-state index in [9.17, 15) is 4.79 Å². The largest absolute Gasteiger partial charge is 0.356 e. The number of rotatable bonds is 3. The molecule has 1 aliphatic heterocycles. The number of piperidine rings is 1. The topological polar surface area (TPSA) is 84.2 Å². The molecule has 1 saturated heterocycles. The lowest BCUT2D eigenvalue weighted by molar-refractivity contribution is -0.126. The fourth-order valence-electron chi connectivity index (χ4n) is 3.89. The first-order valence-corrected chi connectivity index (χ1v) is 8.84. The minimum absolute atomic E-state index is 0.114. The summed E-state index contributed by atoms with van der Waals surface area (Å²) in [5, 5.41) is 8.09. The van der Waals surface area contributed by atoms with Crippen molar-refractivity contribution in [2.45, 2.75) is 51.5 Å². The number of carbonyl (C=O) groups excluding carboxylic acids is 1. The molecule has 1 N–H and O–H groups in total. The second-order valence-electron chi connectivity index (χ2n) is 6.90. The molecule has 1 aliphatic carbocycles. The molecule has 0 bridgehead atoms. The third-order valence-electron chi connectivity index (χ3n) is 5.29. The lowest BCUT2D eigenvalue weighted by Gasteiger charge is -2.32. The Morgan fingerprint density at radius 3 is 2.71 bits per heavy atom. The minimum atomic E-state index is 0.114. The van der Waals surface area contributed by atoms with Gasteiger partial charge in [0, 0.05) is 25.0 Å². The maximum atomic E-state index is 12.4. The van der Waals surface area contributed by atoms with E-state index in [1.54, 1.807) is 0 Å². The van der Waals surface area contributed by atoms with Crippen LogP contribution in [0.2, 0.25) is 0 Å². The van der Waals surface area contributed by atoms with Crippen LogP contribution in [0.4, 0.5) is 5.82 Å². The SMILES string of the molecule is Cc1noc2ncnc(N3CCC(C(=O)NC4CCCC4)CC3)c12. The first kappa shape index (κ1) is 15.4. The molecule has 2 aromatic rings. The van der Waals surface area contributed by atoms with Gasteiger partial charge in [-0.05, 0) is 32.6 Å². The molecular weight excluding hydrogens is 306 g/mol. The molecule has 0 spiro atoms. The number of amides is 1.